The van der Waals surface area contributed by atoms with Crippen molar-refractivity contribution in [2.24, 2.45) is 0 Å². The van der Waals surface area contributed by atoms with E-state index in [-0.39, 0.29) is 23.2 Å². The molecule has 2 aliphatic rings. The molecule has 2 aliphatic heterocycles. The standard InChI is InChI=1S/C23H36FN5O2/c1-23(2,3)25-21(30)17-26-9-6-10-27(12-11-26)18-22(31)29-15-13-28(14-16-29)20-8-5-4-7-19(20)24/h4-5,7-8H,6,9-18H2,1-3H3,(H,25,30). The number of halogens is 1. The van der Waals surface area contributed by atoms with Crippen molar-refractivity contribution in [3.8, 4) is 0 Å². The summed E-state index contributed by atoms with van der Waals surface area (Å²) in [6.07, 6.45) is 0.942. The second-order valence-electron chi connectivity index (χ2n) is 9.52. The topological polar surface area (TPSA) is 59.1 Å². The van der Waals surface area contributed by atoms with Gasteiger partial charge in [0.05, 0.1) is 18.8 Å². The Morgan fingerprint density at radius 2 is 1.52 bits per heavy atom. The van der Waals surface area contributed by atoms with E-state index >= 15 is 0 Å². The highest BCUT2D eigenvalue weighted by Gasteiger charge is 2.25. The Labute approximate surface area is 185 Å². The van der Waals surface area contributed by atoms with Crippen molar-refractivity contribution in [2.75, 3.05) is 70.3 Å². The summed E-state index contributed by atoms with van der Waals surface area (Å²) >= 11 is 0. The number of nitrogens with zero attached hydrogens (tertiary/aromatic N) is 4. The van der Waals surface area contributed by atoms with E-state index < -0.39 is 0 Å². The van der Waals surface area contributed by atoms with Gasteiger partial charge in [-0.05, 0) is 52.4 Å². The van der Waals surface area contributed by atoms with Gasteiger partial charge in [-0.15, -0.1) is 0 Å². The smallest absolute Gasteiger partial charge is 0.236 e. The molecule has 1 aromatic rings. The Hall–Kier alpha value is -2.19. The first-order chi connectivity index (χ1) is 14.7. The van der Waals surface area contributed by atoms with Gasteiger partial charge in [0.2, 0.25) is 11.8 Å². The van der Waals surface area contributed by atoms with Crippen LogP contribution < -0.4 is 10.2 Å². The summed E-state index contributed by atoms with van der Waals surface area (Å²) in [4.78, 5) is 33.3. The molecule has 2 amide bonds. The largest absolute Gasteiger partial charge is 0.366 e. The Bertz CT molecular complexity index is 759. The highest BCUT2D eigenvalue weighted by molar-refractivity contribution is 5.79. The maximum absolute atomic E-state index is 14.0. The molecule has 2 saturated heterocycles. The molecule has 0 aliphatic carbocycles. The van der Waals surface area contributed by atoms with E-state index in [4.69, 9.17) is 0 Å². The number of para-hydroxylation sites is 1. The highest BCUT2D eigenvalue weighted by Crippen LogP contribution is 2.20. The van der Waals surface area contributed by atoms with Gasteiger partial charge in [-0.3, -0.25) is 19.4 Å². The maximum Gasteiger partial charge on any atom is 0.236 e. The number of piperazine rings is 1. The van der Waals surface area contributed by atoms with E-state index in [0.29, 0.717) is 45.0 Å². The lowest BCUT2D eigenvalue weighted by atomic mass is 10.1. The molecule has 8 heteroatoms. The lowest BCUT2D eigenvalue weighted by Gasteiger charge is -2.37. The van der Waals surface area contributed by atoms with Crippen molar-refractivity contribution in [2.45, 2.75) is 32.7 Å². The molecular formula is C23H36FN5O2. The van der Waals surface area contributed by atoms with Crippen molar-refractivity contribution in [1.29, 1.82) is 0 Å². The van der Waals surface area contributed by atoms with E-state index in [1.807, 2.05) is 36.6 Å². The number of hydrogen-bond acceptors (Lipinski definition) is 5. The molecule has 0 bridgehead atoms. The number of nitrogens with one attached hydrogen (secondary N) is 1. The zero-order valence-corrected chi connectivity index (χ0v) is 19.1. The fraction of sp³-hybridized carbons (Fsp3) is 0.652. The third-order valence-corrected chi connectivity index (χ3v) is 5.75. The number of carbonyl (C=O) groups excluding carboxylic acids is 2. The SMILES string of the molecule is CC(C)(C)NC(=O)CN1CCCN(CC(=O)N2CCN(c3ccccc3F)CC2)CC1. The van der Waals surface area contributed by atoms with Gasteiger partial charge in [0, 0.05) is 44.8 Å². The average Bonchev–Trinajstić information content (AvgIpc) is 2.92. The van der Waals surface area contributed by atoms with E-state index in [1.165, 1.54) is 6.07 Å². The molecule has 2 heterocycles. The van der Waals surface area contributed by atoms with Crippen molar-refractivity contribution in [1.82, 2.24) is 20.0 Å². The van der Waals surface area contributed by atoms with Crippen LogP contribution in [0.1, 0.15) is 27.2 Å². The Kier molecular flexibility index (Phi) is 7.89. The normalized spacial score (nSPS) is 19.2. The van der Waals surface area contributed by atoms with Gasteiger partial charge < -0.3 is 15.1 Å². The molecule has 0 atom stereocenters. The van der Waals surface area contributed by atoms with Crippen LogP contribution in [0.25, 0.3) is 0 Å². The first kappa shape index (κ1) is 23.5. The summed E-state index contributed by atoms with van der Waals surface area (Å²) in [5.74, 6) is -0.0376. The van der Waals surface area contributed by atoms with Gasteiger partial charge in [-0.25, -0.2) is 4.39 Å². The fourth-order valence-electron chi connectivity index (χ4n) is 4.20. The Morgan fingerprint density at radius 3 is 2.13 bits per heavy atom. The van der Waals surface area contributed by atoms with Crippen molar-refractivity contribution in [3.05, 3.63) is 30.1 Å². The molecule has 31 heavy (non-hydrogen) atoms. The van der Waals surface area contributed by atoms with Crippen LogP contribution in [0.15, 0.2) is 24.3 Å². The molecule has 2 fully saturated rings. The number of anilines is 1. The number of amides is 2. The predicted molar refractivity (Wildman–Crippen MR) is 121 cm³/mol. The van der Waals surface area contributed by atoms with E-state index in [9.17, 15) is 14.0 Å². The van der Waals surface area contributed by atoms with Gasteiger partial charge in [-0.1, -0.05) is 12.1 Å². The second kappa shape index (κ2) is 10.4. The molecule has 0 aromatic heterocycles. The second-order valence-corrected chi connectivity index (χ2v) is 9.52. The summed E-state index contributed by atoms with van der Waals surface area (Å²) in [6.45, 7) is 12.5. The van der Waals surface area contributed by atoms with Crippen molar-refractivity contribution in [3.63, 3.8) is 0 Å². The van der Waals surface area contributed by atoms with E-state index in [2.05, 4.69) is 15.1 Å². The third-order valence-electron chi connectivity index (χ3n) is 5.75. The molecule has 3 rings (SSSR count). The lowest BCUT2D eigenvalue weighted by molar-refractivity contribution is -0.132. The summed E-state index contributed by atoms with van der Waals surface area (Å²) in [5.41, 5.74) is 0.384. The minimum atomic E-state index is -0.225. The monoisotopic (exact) mass is 433 g/mol. The molecule has 7 nitrogen and oxygen atoms in total. The number of rotatable bonds is 5. The highest BCUT2D eigenvalue weighted by atomic mass is 19.1. The van der Waals surface area contributed by atoms with Crippen LogP contribution in [0.3, 0.4) is 0 Å². The van der Waals surface area contributed by atoms with Crippen molar-refractivity contribution < 1.29 is 14.0 Å². The maximum atomic E-state index is 14.0. The number of hydrogen-bond donors (Lipinski definition) is 1. The van der Waals surface area contributed by atoms with Crippen LogP contribution in [-0.2, 0) is 9.59 Å². The first-order valence-corrected chi connectivity index (χ1v) is 11.2. The van der Waals surface area contributed by atoms with Crippen LogP contribution in [0.4, 0.5) is 10.1 Å². The molecule has 172 valence electrons. The van der Waals surface area contributed by atoms with E-state index in [0.717, 1.165) is 32.6 Å². The zero-order valence-electron chi connectivity index (χ0n) is 19.1. The zero-order chi connectivity index (χ0) is 22.4. The number of carbonyl (C=O) groups is 2. The van der Waals surface area contributed by atoms with Crippen LogP contribution in [0, 0.1) is 5.82 Å². The molecule has 0 saturated carbocycles. The third kappa shape index (κ3) is 7.18. The van der Waals surface area contributed by atoms with Gasteiger partial charge in [0.25, 0.3) is 0 Å². The average molecular weight is 434 g/mol. The first-order valence-electron chi connectivity index (χ1n) is 11.2. The van der Waals surface area contributed by atoms with Crippen molar-refractivity contribution >= 4 is 17.5 Å². The van der Waals surface area contributed by atoms with Crippen LogP contribution in [0.5, 0.6) is 0 Å². The number of benzene rings is 1. The van der Waals surface area contributed by atoms with E-state index in [1.54, 1.807) is 12.1 Å². The Morgan fingerprint density at radius 1 is 0.903 bits per heavy atom. The molecule has 0 radical (unpaired) electrons. The van der Waals surface area contributed by atoms with Gasteiger partial charge >= 0.3 is 0 Å². The van der Waals surface area contributed by atoms with Gasteiger partial charge in [0.1, 0.15) is 5.82 Å². The Balaban J connectivity index is 1.42. The molecule has 1 aromatic carbocycles. The summed E-state index contributed by atoms with van der Waals surface area (Å²) < 4.78 is 14.0. The minimum Gasteiger partial charge on any atom is -0.366 e. The quantitative estimate of drug-likeness (QED) is 0.761. The summed E-state index contributed by atoms with van der Waals surface area (Å²) in [5, 5.41) is 3.01. The fourth-order valence-corrected chi connectivity index (χ4v) is 4.20. The minimum absolute atomic E-state index is 0.0461. The van der Waals surface area contributed by atoms with Gasteiger partial charge in [0.15, 0.2) is 0 Å². The van der Waals surface area contributed by atoms with Gasteiger partial charge in [-0.2, -0.15) is 0 Å². The molecule has 0 spiro atoms. The van der Waals surface area contributed by atoms with Crippen LogP contribution >= 0.6 is 0 Å². The lowest BCUT2D eigenvalue weighted by Crippen LogP contribution is -2.51. The summed E-state index contributed by atoms with van der Waals surface area (Å²) in [6, 6.07) is 6.79. The van der Waals surface area contributed by atoms with Crippen LogP contribution in [0.2, 0.25) is 0 Å². The summed E-state index contributed by atoms with van der Waals surface area (Å²) in [7, 11) is 0. The molecule has 1 N–H and O–H groups in total. The molecular weight excluding hydrogens is 397 g/mol. The van der Waals surface area contributed by atoms with Crippen LogP contribution in [-0.4, -0.2) is 97.5 Å². The predicted octanol–water partition coefficient (Wildman–Crippen LogP) is 1.40. The molecule has 0 unspecified atom stereocenters.